The SMILES string of the molecule is Cc1cccc(COc2ccc(/C=C3\SC(N)=NC3=O)cc2)c1. The minimum atomic E-state index is -0.285. The highest BCUT2D eigenvalue weighted by Gasteiger charge is 2.19. The third-order valence-electron chi connectivity index (χ3n) is 3.30. The van der Waals surface area contributed by atoms with Gasteiger partial charge in [0.15, 0.2) is 5.17 Å². The van der Waals surface area contributed by atoms with Crippen molar-refractivity contribution in [3.05, 3.63) is 70.1 Å². The van der Waals surface area contributed by atoms with Crippen LogP contribution in [-0.2, 0) is 11.4 Å². The van der Waals surface area contributed by atoms with Gasteiger partial charge in [0.25, 0.3) is 5.91 Å². The van der Waals surface area contributed by atoms with Crippen molar-refractivity contribution in [2.75, 3.05) is 0 Å². The van der Waals surface area contributed by atoms with Gasteiger partial charge in [-0.25, -0.2) is 0 Å². The number of nitrogens with two attached hydrogens (primary N) is 1. The second-order valence-corrected chi connectivity index (χ2v) is 6.27. The van der Waals surface area contributed by atoms with Crippen LogP contribution < -0.4 is 10.5 Å². The Balaban J connectivity index is 1.64. The Kier molecular flexibility index (Phi) is 4.48. The highest BCUT2D eigenvalue weighted by Crippen LogP contribution is 2.27. The Morgan fingerprint density at radius 3 is 2.65 bits per heavy atom. The van der Waals surface area contributed by atoms with Crippen molar-refractivity contribution in [3.8, 4) is 5.75 Å². The lowest BCUT2D eigenvalue weighted by Crippen LogP contribution is -2.01. The Morgan fingerprint density at radius 1 is 1.22 bits per heavy atom. The van der Waals surface area contributed by atoms with Crippen LogP contribution in [0.1, 0.15) is 16.7 Å². The Morgan fingerprint density at radius 2 is 2.00 bits per heavy atom. The van der Waals surface area contributed by atoms with E-state index in [0.717, 1.165) is 16.9 Å². The number of aliphatic imine (C=N–C) groups is 1. The Bertz CT molecular complexity index is 795. The highest BCUT2D eigenvalue weighted by atomic mass is 32.2. The lowest BCUT2D eigenvalue weighted by Gasteiger charge is -2.07. The zero-order valence-corrected chi connectivity index (χ0v) is 13.5. The highest BCUT2D eigenvalue weighted by molar-refractivity contribution is 8.18. The standard InChI is InChI=1S/C18H16N2O2S/c1-12-3-2-4-14(9-12)11-22-15-7-5-13(6-8-15)10-16-17(21)20-18(19)23-16/h2-10H,11H2,1H3,(H2,19,20,21)/b16-10-. The molecule has 0 fully saturated rings. The van der Waals surface area contributed by atoms with Crippen molar-refractivity contribution in [3.63, 3.8) is 0 Å². The van der Waals surface area contributed by atoms with Crippen molar-refractivity contribution in [2.45, 2.75) is 13.5 Å². The maximum Gasteiger partial charge on any atom is 0.286 e. The van der Waals surface area contributed by atoms with Crippen molar-refractivity contribution >= 4 is 28.9 Å². The number of rotatable bonds is 4. The molecule has 0 bridgehead atoms. The molecule has 0 aliphatic carbocycles. The van der Waals surface area contributed by atoms with Crippen LogP contribution in [0.4, 0.5) is 0 Å². The van der Waals surface area contributed by atoms with Gasteiger partial charge in [-0.1, -0.05) is 42.0 Å². The first-order valence-electron chi connectivity index (χ1n) is 7.16. The molecule has 1 heterocycles. The summed E-state index contributed by atoms with van der Waals surface area (Å²) in [5.74, 6) is 0.502. The fourth-order valence-corrected chi connectivity index (χ4v) is 2.89. The molecule has 1 aliphatic rings. The van der Waals surface area contributed by atoms with Gasteiger partial charge in [-0.3, -0.25) is 4.79 Å². The molecule has 23 heavy (non-hydrogen) atoms. The van der Waals surface area contributed by atoms with Crippen molar-refractivity contribution in [1.29, 1.82) is 0 Å². The van der Waals surface area contributed by atoms with E-state index in [1.807, 2.05) is 36.4 Å². The van der Waals surface area contributed by atoms with E-state index in [-0.39, 0.29) is 5.91 Å². The summed E-state index contributed by atoms with van der Waals surface area (Å²) in [5, 5.41) is 0.291. The number of nitrogens with zero attached hydrogens (tertiary/aromatic N) is 1. The molecule has 0 saturated carbocycles. The summed E-state index contributed by atoms with van der Waals surface area (Å²) in [6, 6.07) is 15.8. The van der Waals surface area contributed by atoms with E-state index >= 15 is 0 Å². The second kappa shape index (κ2) is 6.71. The fourth-order valence-electron chi connectivity index (χ4n) is 2.21. The second-order valence-electron chi connectivity index (χ2n) is 5.21. The molecule has 2 aromatic rings. The molecule has 0 unspecified atom stereocenters. The summed E-state index contributed by atoms with van der Waals surface area (Å²) in [5.41, 5.74) is 8.79. The van der Waals surface area contributed by atoms with E-state index < -0.39 is 0 Å². The molecule has 0 saturated heterocycles. The number of benzene rings is 2. The van der Waals surface area contributed by atoms with Gasteiger partial charge < -0.3 is 10.5 Å². The van der Waals surface area contributed by atoms with E-state index in [2.05, 4.69) is 24.0 Å². The predicted molar refractivity (Wildman–Crippen MR) is 94.2 cm³/mol. The van der Waals surface area contributed by atoms with Crippen LogP contribution in [0.15, 0.2) is 58.4 Å². The number of thioether (sulfide) groups is 1. The van der Waals surface area contributed by atoms with E-state index in [1.165, 1.54) is 17.3 Å². The average molecular weight is 324 g/mol. The summed E-state index contributed by atoms with van der Waals surface area (Å²) in [6.45, 7) is 2.59. The van der Waals surface area contributed by atoms with Gasteiger partial charge in [0, 0.05) is 0 Å². The molecule has 2 aromatic carbocycles. The van der Waals surface area contributed by atoms with Gasteiger partial charge >= 0.3 is 0 Å². The maximum atomic E-state index is 11.6. The summed E-state index contributed by atoms with van der Waals surface area (Å²) < 4.78 is 5.77. The van der Waals surface area contributed by atoms with Crippen LogP contribution in [0, 0.1) is 6.92 Å². The minimum Gasteiger partial charge on any atom is -0.489 e. The van der Waals surface area contributed by atoms with Gasteiger partial charge in [0.05, 0.1) is 4.91 Å². The number of amides is 1. The lowest BCUT2D eigenvalue weighted by molar-refractivity contribution is -0.113. The third-order valence-corrected chi connectivity index (χ3v) is 4.12. The van der Waals surface area contributed by atoms with Crippen molar-refractivity contribution < 1.29 is 9.53 Å². The number of carbonyl (C=O) groups is 1. The molecule has 1 aliphatic heterocycles. The van der Waals surface area contributed by atoms with Gasteiger partial charge in [0.2, 0.25) is 0 Å². The molecule has 116 valence electrons. The van der Waals surface area contributed by atoms with Crippen LogP contribution in [-0.4, -0.2) is 11.1 Å². The molecule has 0 aromatic heterocycles. The van der Waals surface area contributed by atoms with Crippen LogP contribution >= 0.6 is 11.8 Å². The number of ether oxygens (including phenoxy) is 1. The molecular formula is C18H16N2O2S. The van der Waals surface area contributed by atoms with Gasteiger partial charge in [0.1, 0.15) is 12.4 Å². The van der Waals surface area contributed by atoms with E-state index in [1.54, 1.807) is 6.08 Å². The van der Waals surface area contributed by atoms with Crippen molar-refractivity contribution in [1.82, 2.24) is 0 Å². The van der Waals surface area contributed by atoms with Crippen LogP contribution in [0.5, 0.6) is 5.75 Å². The molecule has 2 N–H and O–H groups in total. The summed E-state index contributed by atoms with van der Waals surface area (Å²) in [7, 11) is 0. The Labute approximate surface area is 139 Å². The van der Waals surface area contributed by atoms with Gasteiger partial charge in [-0.2, -0.15) is 4.99 Å². The number of amidine groups is 1. The summed E-state index contributed by atoms with van der Waals surface area (Å²) >= 11 is 1.19. The number of hydrogen-bond acceptors (Lipinski definition) is 4. The minimum absolute atomic E-state index is 0.285. The number of carbonyl (C=O) groups excluding carboxylic acids is 1. The van der Waals surface area contributed by atoms with Crippen molar-refractivity contribution in [2.24, 2.45) is 10.7 Å². The zero-order chi connectivity index (χ0) is 16.2. The van der Waals surface area contributed by atoms with E-state index in [4.69, 9.17) is 10.5 Å². The average Bonchev–Trinajstić information content (AvgIpc) is 2.84. The van der Waals surface area contributed by atoms with Crippen LogP contribution in [0.25, 0.3) is 6.08 Å². The van der Waals surface area contributed by atoms with E-state index in [0.29, 0.717) is 16.7 Å². The summed E-state index contributed by atoms with van der Waals surface area (Å²) in [4.78, 5) is 15.8. The molecule has 3 rings (SSSR count). The molecule has 0 atom stereocenters. The summed E-state index contributed by atoms with van der Waals surface area (Å²) in [6.07, 6.45) is 1.78. The molecule has 5 heteroatoms. The zero-order valence-electron chi connectivity index (χ0n) is 12.7. The molecule has 0 spiro atoms. The monoisotopic (exact) mass is 324 g/mol. The predicted octanol–water partition coefficient (Wildman–Crippen LogP) is 3.50. The molecule has 0 radical (unpaired) electrons. The maximum absolute atomic E-state index is 11.6. The fraction of sp³-hybridized carbons (Fsp3) is 0.111. The van der Waals surface area contributed by atoms with Crippen LogP contribution in [0.3, 0.4) is 0 Å². The lowest BCUT2D eigenvalue weighted by atomic mass is 10.1. The van der Waals surface area contributed by atoms with E-state index in [9.17, 15) is 4.79 Å². The molecule has 4 nitrogen and oxygen atoms in total. The van der Waals surface area contributed by atoms with Crippen LogP contribution in [0.2, 0.25) is 0 Å². The quantitative estimate of drug-likeness (QED) is 0.874. The Hall–Kier alpha value is -2.53. The molecular weight excluding hydrogens is 308 g/mol. The first kappa shape index (κ1) is 15.4. The topological polar surface area (TPSA) is 64.7 Å². The largest absolute Gasteiger partial charge is 0.489 e. The third kappa shape index (κ3) is 4.02. The smallest absolute Gasteiger partial charge is 0.286 e. The molecule has 1 amide bonds. The number of hydrogen-bond donors (Lipinski definition) is 1. The normalized spacial score (nSPS) is 15.8. The number of aryl methyl sites for hydroxylation is 1. The van der Waals surface area contributed by atoms with Gasteiger partial charge in [-0.15, -0.1) is 0 Å². The first-order valence-corrected chi connectivity index (χ1v) is 7.98. The van der Waals surface area contributed by atoms with Gasteiger partial charge in [-0.05, 0) is 48.0 Å². The first-order chi connectivity index (χ1) is 11.1.